The Morgan fingerprint density at radius 3 is 2.76 bits per heavy atom. The molecule has 0 unspecified atom stereocenters. The van der Waals surface area contributed by atoms with Gasteiger partial charge in [-0.1, -0.05) is 23.8 Å². The molecule has 0 bridgehead atoms. The Morgan fingerprint density at radius 2 is 2.06 bits per heavy atom. The van der Waals surface area contributed by atoms with Crippen molar-refractivity contribution in [2.45, 2.75) is 13.8 Å². The Hall–Kier alpha value is -1.62. The predicted molar refractivity (Wildman–Crippen MR) is 69.9 cm³/mol. The Kier molecular flexibility index (Phi) is 2.29. The van der Waals surface area contributed by atoms with E-state index in [1.165, 1.54) is 5.56 Å². The van der Waals surface area contributed by atoms with Crippen LogP contribution in [0.1, 0.15) is 11.3 Å². The van der Waals surface area contributed by atoms with E-state index >= 15 is 0 Å². The first-order valence-corrected chi connectivity index (χ1v) is 6.12. The first kappa shape index (κ1) is 10.5. The topological polar surface area (TPSA) is 46.0 Å². The first-order valence-electron chi connectivity index (χ1n) is 5.33. The van der Waals surface area contributed by atoms with Gasteiger partial charge in [0.2, 0.25) is 0 Å². The van der Waals surface area contributed by atoms with Gasteiger partial charge < -0.3 is 0 Å². The molecule has 2 aromatic heterocycles. The number of aromatic amines is 1. The minimum absolute atomic E-state index is 0.686. The highest BCUT2D eigenvalue weighted by Crippen LogP contribution is 2.21. The van der Waals surface area contributed by atoms with Crippen LogP contribution in [-0.4, -0.2) is 19.6 Å². The maximum atomic E-state index is 4.47. The van der Waals surface area contributed by atoms with Gasteiger partial charge in [-0.2, -0.15) is 4.98 Å². The Bertz CT molecular complexity index is 696. The van der Waals surface area contributed by atoms with Crippen molar-refractivity contribution in [2.75, 3.05) is 0 Å². The van der Waals surface area contributed by atoms with E-state index in [-0.39, 0.29) is 0 Å². The molecular formula is C12H11BrN4. The number of fused-ring (bicyclic) bond motifs is 1. The van der Waals surface area contributed by atoms with Crippen LogP contribution in [0.25, 0.3) is 17.2 Å². The van der Waals surface area contributed by atoms with E-state index in [1.807, 2.05) is 23.6 Å². The van der Waals surface area contributed by atoms with Crippen LogP contribution in [0, 0.1) is 13.8 Å². The second kappa shape index (κ2) is 3.70. The van der Waals surface area contributed by atoms with Crippen molar-refractivity contribution in [2.24, 2.45) is 0 Å². The van der Waals surface area contributed by atoms with Gasteiger partial charge in [0.25, 0.3) is 5.78 Å². The van der Waals surface area contributed by atoms with Crippen molar-refractivity contribution in [1.29, 1.82) is 0 Å². The third kappa shape index (κ3) is 1.67. The van der Waals surface area contributed by atoms with Gasteiger partial charge in [0.15, 0.2) is 5.82 Å². The lowest BCUT2D eigenvalue weighted by molar-refractivity contribution is 0.950. The summed E-state index contributed by atoms with van der Waals surface area (Å²) in [5.41, 5.74) is 3.21. The Morgan fingerprint density at radius 1 is 1.24 bits per heavy atom. The predicted octanol–water partition coefficient (Wildman–Crippen LogP) is 3.10. The molecule has 0 aliphatic heterocycles. The number of hydrogen-bond donors (Lipinski definition) is 1. The number of nitrogens with one attached hydrogen (secondary N) is 1. The minimum atomic E-state index is 0.686. The lowest BCUT2D eigenvalue weighted by Gasteiger charge is -1.97. The zero-order valence-corrected chi connectivity index (χ0v) is 11.1. The summed E-state index contributed by atoms with van der Waals surface area (Å²) in [6.45, 7) is 4.01. The molecule has 0 saturated carbocycles. The van der Waals surface area contributed by atoms with Crippen LogP contribution < -0.4 is 0 Å². The fourth-order valence-electron chi connectivity index (χ4n) is 1.82. The van der Waals surface area contributed by atoms with Gasteiger partial charge in [0, 0.05) is 5.56 Å². The molecule has 0 amide bonds. The lowest BCUT2D eigenvalue weighted by atomic mass is 10.1. The first-order chi connectivity index (χ1) is 8.15. The number of H-pyrrole nitrogens is 1. The van der Waals surface area contributed by atoms with Crippen LogP contribution in [0.5, 0.6) is 0 Å². The Balaban J connectivity index is 2.19. The molecule has 1 aromatic carbocycles. The number of halogens is 1. The lowest BCUT2D eigenvalue weighted by Crippen LogP contribution is -1.86. The average Bonchev–Trinajstić information content (AvgIpc) is 2.81. The summed E-state index contributed by atoms with van der Waals surface area (Å²) in [5.74, 6) is 1.52. The van der Waals surface area contributed by atoms with Gasteiger partial charge >= 0.3 is 0 Å². The van der Waals surface area contributed by atoms with E-state index in [4.69, 9.17) is 0 Å². The van der Waals surface area contributed by atoms with Crippen molar-refractivity contribution in [3.63, 3.8) is 0 Å². The molecule has 1 N–H and O–H groups in total. The molecule has 0 radical (unpaired) electrons. The van der Waals surface area contributed by atoms with E-state index in [0.717, 1.165) is 21.7 Å². The van der Waals surface area contributed by atoms with Crippen molar-refractivity contribution < 1.29 is 0 Å². The summed E-state index contributed by atoms with van der Waals surface area (Å²) < 4.78 is 2.76. The van der Waals surface area contributed by atoms with Gasteiger partial charge in [-0.3, -0.25) is 5.10 Å². The number of nitrogens with zero attached hydrogens (tertiary/aromatic N) is 3. The van der Waals surface area contributed by atoms with Crippen molar-refractivity contribution in [3.05, 3.63) is 40.1 Å². The third-order valence-corrected chi connectivity index (χ3v) is 3.61. The van der Waals surface area contributed by atoms with Crippen LogP contribution >= 0.6 is 15.9 Å². The number of aromatic nitrogens is 4. The number of rotatable bonds is 1. The van der Waals surface area contributed by atoms with Crippen LogP contribution in [0.2, 0.25) is 0 Å². The molecule has 0 aliphatic carbocycles. The van der Waals surface area contributed by atoms with E-state index in [0.29, 0.717) is 5.78 Å². The number of hydrogen-bond acceptors (Lipinski definition) is 2. The molecule has 0 atom stereocenters. The van der Waals surface area contributed by atoms with Crippen LogP contribution in [0.4, 0.5) is 0 Å². The second-order valence-corrected chi connectivity index (χ2v) is 4.82. The molecule has 3 rings (SSSR count). The fourth-order valence-corrected chi connectivity index (χ4v) is 2.16. The zero-order valence-electron chi connectivity index (χ0n) is 9.53. The number of benzene rings is 1. The molecule has 0 aliphatic rings. The molecular weight excluding hydrogens is 280 g/mol. The van der Waals surface area contributed by atoms with Crippen LogP contribution in [-0.2, 0) is 0 Å². The molecule has 0 fully saturated rings. The standard InChI is InChI=1S/C12H11BrN4/c1-7-4-3-5-9(6-7)11-15-12-14-8(2)10(13)17(12)16-11/h3-6H,1-2H3,(H,14,15,16). The van der Waals surface area contributed by atoms with Crippen LogP contribution in [0.15, 0.2) is 28.9 Å². The normalized spacial score (nSPS) is 11.2. The fraction of sp³-hybridized carbons (Fsp3) is 0.167. The molecule has 2 heterocycles. The minimum Gasteiger partial charge on any atom is -0.273 e. The average molecular weight is 291 g/mol. The van der Waals surface area contributed by atoms with Gasteiger partial charge in [0.05, 0.1) is 5.69 Å². The van der Waals surface area contributed by atoms with Crippen molar-refractivity contribution in [1.82, 2.24) is 19.6 Å². The van der Waals surface area contributed by atoms with Crippen LogP contribution in [0.3, 0.4) is 0 Å². The molecule has 4 nitrogen and oxygen atoms in total. The van der Waals surface area contributed by atoms with Gasteiger partial charge in [-0.15, -0.1) is 0 Å². The molecule has 0 spiro atoms. The monoisotopic (exact) mass is 290 g/mol. The maximum absolute atomic E-state index is 4.47. The summed E-state index contributed by atoms with van der Waals surface area (Å²) in [6.07, 6.45) is 0. The quantitative estimate of drug-likeness (QED) is 0.748. The zero-order chi connectivity index (χ0) is 12.0. The van der Waals surface area contributed by atoms with Gasteiger partial charge in [-0.05, 0) is 35.8 Å². The van der Waals surface area contributed by atoms with Gasteiger partial charge in [0.1, 0.15) is 4.60 Å². The largest absolute Gasteiger partial charge is 0.273 e. The Labute approximate surface area is 107 Å². The van der Waals surface area contributed by atoms with Crippen molar-refractivity contribution >= 4 is 21.7 Å². The van der Waals surface area contributed by atoms with E-state index in [1.54, 1.807) is 0 Å². The summed E-state index contributed by atoms with van der Waals surface area (Å²) in [7, 11) is 0. The molecule has 3 aromatic rings. The maximum Gasteiger partial charge on any atom is 0.252 e. The molecule has 86 valence electrons. The summed E-state index contributed by atoms with van der Waals surface area (Å²) in [6, 6.07) is 8.22. The second-order valence-electron chi connectivity index (χ2n) is 4.07. The smallest absolute Gasteiger partial charge is 0.252 e. The number of imidazole rings is 1. The van der Waals surface area contributed by atoms with Crippen molar-refractivity contribution in [3.8, 4) is 11.4 Å². The summed E-state index contributed by atoms with van der Waals surface area (Å²) in [4.78, 5) is 8.83. The van der Waals surface area contributed by atoms with E-state index in [2.05, 4.69) is 50.1 Å². The molecule has 17 heavy (non-hydrogen) atoms. The van der Waals surface area contributed by atoms with Gasteiger partial charge in [-0.25, -0.2) is 9.50 Å². The highest BCUT2D eigenvalue weighted by molar-refractivity contribution is 9.10. The van der Waals surface area contributed by atoms with E-state index in [9.17, 15) is 0 Å². The number of aryl methyl sites for hydroxylation is 2. The summed E-state index contributed by atoms with van der Waals surface area (Å²) >= 11 is 3.48. The molecule has 5 heteroatoms. The highest BCUT2D eigenvalue weighted by atomic mass is 79.9. The molecule has 0 saturated heterocycles. The third-order valence-electron chi connectivity index (χ3n) is 2.68. The van der Waals surface area contributed by atoms with E-state index < -0.39 is 0 Å². The SMILES string of the molecule is Cc1cccc(-c2nc3nc(C)c(Br)n3[nH]2)c1. The summed E-state index contributed by atoms with van der Waals surface area (Å²) in [5, 5.41) is 3.22. The highest BCUT2D eigenvalue weighted by Gasteiger charge is 2.11.